The number of aryl methyl sites for hydroxylation is 1. The van der Waals surface area contributed by atoms with Gasteiger partial charge < -0.3 is 5.11 Å². The molecule has 0 fully saturated rings. The molecule has 1 radical (unpaired) electrons. The number of halogens is 1. The maximum Gasteiger partial charge on any atom is 0.189 e. The average molecular weight is 817 g/mol. The summed E-state index contributed by atoms with van der Waals surface area (Å²) >= 11 is 1.89. The van der Waals surface area contributed by atoms with E-state index in [2.05, 4.69) is 103 Å². The van der Waals surface area contributed by atoms with Crippen LogP contribution in [-0.2, 0) is 36.7 Å². The van der Waals surface area contributed by atoms with Crippen molar-refractivity contribution in [3.63, 3.8) is 0 Å². The first-order chi connectivity index (χ1) is 21.2. The number of aliphatic hydroxyl groups excluding tert-OH is 1. The third kappa shape index (κ3) is 8.51. The fraction of sp³-hybridized carbons (Fsp3) is 0.400. The first kappa shape index (κ1) is 37.5. The van der Waals surface area contributed by atoms with Gasteiger partial charge >= 0.3 is 0 Å². The van der Waals surface area contributed by atoms with Crippen LogP contribution in [0.1, 0.15) is 84.9 Å². The molecule has 0 aliphatic carbocycles. The van der Waals surface area contributed by atoms with Gasteiger partial charge in [-0.15, -0.1) is 40.5 Å². The molecule has 0 spiro atoms. The summed E-state index contributed by atoms with van der Waals surface area (Å²) in [4.78, 5) is 15.4. The van der Waals surface area contributed by atoms with Crippen LogP contribution in [0.15, 0.2) is 66.6 Å². The number of hydrogen-bond acceptors (Lipinski definition) is 4. The Hall–Kier alpha value is -2.92. The van der Waals surface area contributed by atoms with Crippen LogP contribution in [0.25, 0.3) is 42.2 Å². The van der Waals surface area contributed by atoms with E-state index >= 15 is 0 Å². The van der Waals surface area contributed by atoms with Crippen molar-refractivity contribution in [3.8, 4) is 11.3 Å². The molecule has 6 heteroatoms. The summed E-state index contributed by atoms with van der Waals surface area (Å²) in [7, 11) is 0. The monoisotopic (exact) mass is 817 g/mol. The molecule has 0 amide bonds. The standard InChI is InChI=1S/C31H32NS.C9H15FO2.Ir/c1-19-21(18-30(2,3)4)12-13-24-25-14-15-32-27(29(25)33-28(19)24)22-16-20-10-8-9-11-23(20)26(17-22)31(5,6)7;1-3-7(4-2)9(12)5-8(11)6-10;/h8-15,17H,18H2,1-7H3;5,7,12H,3-4,6H2,1-2H3;/q-1;;/b;9-5-;. The minimum absolute atomic E-state index is 0. The van der Waals surface area contributed by atoms with Crippen molar-refractivity contribution in [1.29, 1.82) is 0 Å². The summed E-state index contributed by atoms with van der Waals surface area (Å²) in [6, 6.07) is 21.4. The SMILES string of the molecule is CCC(CC)/C(O)=C/C(=O)CF.Cc1c(CC(C)(C)C)ccc2c1sc1c(-c3[c-]c4ccccc4c(C(C)(C)C)c3)nccc12.[Ir]. The van der Waals surface area contributed by atoms with Gasteiger partial charge in [-0.05, 0) is 59.6 Å². The Morgan fingerprint density at radius 2 is 1.63 bits per heavy atom. The Morgan fingerprint density at radius 1 is 0.978 bits per heavy atom. The van der Waals surface area contributed by atoms with E-state index in [4.69, 9.17) is 4.98 Å². The number of alkyl halides is 1. The number of thiophene rings is 1. The summed E-state index contributed by atoms with van der Waals surface area (Å²) in [6.45, 7) is 18.9. The molecule has 0 bridgehead atoms. The van der Waals surface area contributed by atoms with Gasteiger partial charge in [-0.1, -0.05) is 96.7 Å². The zero-order valence-corrected chi connectivity index (χ0v) is 31.8. The van der Waals surface area contributed by atoms with Gasteiger partial charge in [0, 0.05) is 58.8 Å². The quantitative estimate of drug-likeness (QED) is 0.101. The Morgan fingerprint density at radius 3 is 2.24 bits per heavy atom. The van der Waals surface area contributed by atoms with Crippen molar-refractivity contribution in [2.45, 2.75) is 87.0 Å². The van der Waals surface area contributed by atoms with Gasteiger partial charge in [-0.2, -0.15) is 0 Å². The van der Waals surface area contributed by atoms with Crippen molar-refractivity contribution in [3.05, 3.63) is 89.3 Å². The van der Waals surface area contributed by atoms with E-state index in [1.165, 1.54) is 42.2 Å². The number of pyridine rings is 1. The maximum atomic E-state index is 11.7. The molecule has 0 saturated carbocycles. The average Bonchev–Trinajstić information content (AvgIpc) is 3.37. The summed E-state index contributed by atoms with van der Waals surface area (Å²) in [6.07, 6.45) is 5.55. The second-order valence-electron chi connectivity index (χ2n) is 14.2. The largest absolute Gasteiger partial charge is 0.512 e. The van der Waals surface area contributed by atoms with E-state index in [0.29, 0.717) is 0 Å². The summed E-state index contributed by atoms with van der Waals surface area (Å²) in [5.74, 6) is -0.678. The van der Waals surface area contributed by atoms with Gasteiger partial charge in [0.25, 0.3) is 0 Å². The van der Waals surface area contributed by atoms with Crippen LogP contribution in [-0.4, -0.2) is 22.5 Å². The third-order valence-corrected chi connectivity index (χ3v) is 9.67. The molecule has 3 aromatic carbocycles. The number of carbonyl (C=O) groups excluding carboxylic acids is 1. The molecular weight excluding hydrogens is 770 g/mol. The van der Waals surface area contributed by atoms with Crippen LogP contribution in [0.2, 0.25) is 0 Å². The second-order valence-corrected chi connectivity index (χ2v) is 15.2. The van der Waals surface area contributed by atoms with Crippen molar-refractivity contribution in [1.82, 2.24) is 4.98 Å². The number of aliphatic hydroxyl groups is 1. The Labute approximate surface area is 291 Å². The molecule has 2 aromatic heterocycles. The predicted octanol–water partition coefficient (Wildman–Crippen LogP) is 11.7. The number of fused-ring (bicyclic) bond motifs is 4. The van der Waals surface area contributed by atoms with E-state index in [0.717, 1.165) is 42.0 Å². The fourth-order valence-electron chi connectivity index (χ4n) is 5.90. The molecule has 3 nitrogen and oxygen atoms in total. The number of hydrogen-bond donors (Lipinski definition) is 1. The summed E-state index contributed by atoms with van der Waals surface area (Å²) < 4.78 is 14.4. The molecule has 247 valence electrons. The number of rotatable bonds is 7. The number of nitrogens with zero attached hydrogens (tertiary/aromatic N) is 1. The minimum atomic E-state index is -1.04. The van der Waals surface area contributed by atoms with Crippen LogP contribution in [0.5, 0.6) is 0 Å². The van der Waals surface area contributed by atoms with Gasteiger partial charge in [0.05, 0.1) is 5.76 Å². The molecule has 0 aliphatic heterocycles. The van der Waals surface area contributed by atoms with Crippen LogP contribution in [0, 0.1) is 24.3 Å². The van der Waals surface area contributed by atoms with Gasteiger partial charge in [-0.25, -0.2) is 4.39 Å². The number of benzene rings is 3. The van der Waals surface area contributed by atoms with Gasteiger partial charge in [0.15, 0.2) is 12.5 Å². The third-order valence-electron chi connectivity index (χ3n) is 8.32. The van der Waals surface area contributed by atoms with Gasteiger partial charge in [-0.3, -0.25) is 9.78 Å². The molecule has 46 heavy (non-hydrogen) atoms. The van der Waals surface area contributed by atoms with Crippen LogP contribution >= 0.6 is 11.3 Å². The summed E-state index contributed by atoms with van der Waals surface area (Å²) in [5, 5.41) is 14.4. The molecule has 1 N–H and O–H groups in total. The zero-order chi connectivity index (χ0) is 33.1. The first-order valence-corrected chi connectivity index (χ1v) is 16.7. The van der Waals surface area contributed by atoms with Crippen LogP contribution < -0.4 is 0 Å². The Kier molecular flexibility index (Phi) is 12.5. The molecule has 0 aliphatic rings. The van der Waals surface area contributed by atoms with E-state index < -0.39 is 12.5 Å². The zero-order valence-electron chi connectivity index (χ0n) is 28.6. The smallest absolute Gasteiger partial charge is 0.189 e. The van der Waals surface area contributed by atoms with Crippen molar-refractivity contribution < 1.29 is 34.4 Å². The number of carbonyl (C=O) groups is 1. The normalized spacial score (nSPS) is 12.4. The summed E-state index contributed by atoms with van der Waals surface area (Å²) in [5.41, 5.74) is 6.64. The molecule has 5 rings (SSSR count). The van der Waals surface area contributed by atoms with E-state index in [1.54, 1.807) is 0 Å². The molecule has 2 heterocycles. The predicted molar refractivity (Wildman–Crippen MR) is 191 cm³/mol. The maximum absolute atomic E-state index is 11.7. The van der Waals surface area contributed by atoms with E-state index in [1.807, 2.05) is 31.4 Å². The molecule has 5 aromatic rings. The minimum Gasteiger partial charge on any atom is -0.512 e. The molecular formula is C40H47FIrNO2S-. The number of aromatic nitrogens is 1. The van der Waals surface area contributed by atoms with Gasteiger partial charge in [0.1, 0.15) is 0 Å². The Balaban J connectivity index is 0.000000380. The van der Waals surface area contributed by atoms with Crippen LogP contribution in [0.3, 0.4) is 0 Å². The second kappa shape index (κ2) is 15.3. The molecule has 0 saturated heterocycles. The Bertz CT molecular complexity index is 1860. The van der Waals surface area contributed by atoms with Crippen molar-refractivity contribution in [2.24, 2.45) is 11.3 Å². The van der Waals surface area contributed by atoms with Crippen molar-refractivity contribution in [2.75, 3.05) is 6.67 Å². The molecule has 0 unspecified atom stereocenters. The fourth-order valence-corrected chi connectivity index (χ4v) is 7.23. The van der Waals surface area contributed by atoms with E-state index in [-0.39, 0.29) is 42.6 Å². The first-order valence-electron chi connectivity index (χ1n) is 15.9. The number of ketones is 1. The molecule has 0 atom stereocenters. The van der Waals surface area contributed by atoms with E-state index in [9.17, 15) is 14.3 Å². The number of allylic oxidation sites excluding steroid dienone is 2. The van der Waals surface area contributed by atoms with Crippen molar-refractivity contribution >= 4 is 48.1 Å². The van der Waals surface area contributed by atoms with Crippen LogP contribution in [0.4, 0.5) is 4.39 Å². The topological polar surface area (TPSA) is 50.2 Å². The van der Waals surface area contributed by atoms with Gasteiger partial charge in [0.2, 0.25) is 0 Å².